The minimum Gasteiger partial charge on any atom is -0.462 e. The van der Waals surface area contributed by atoms with Gasteiger partial charge in [-0.05, 0) is 171 Å². The third-order valence-electron chi connectivity index (χ3n) is 24.7. The van der Waals surface area contributed by atoms with Gasteiger partial charge in [-0.25, -0.2) is 0 Å². The normalized spacial score (nSPS) is 32.7. The van der Waals surface area contributed by atoms with Crippen molar-refractivity contribution in [2.45, 2.75) is 410 Å². The van der Waals surface area contributed by atoms with E-state index in [4.69, 9.17) is 71.1 Å². The molecule has 0 aliphatic carbocycles. The second-order valence-corrected chi connectivity index (χ2v) is 37.7. The third-order valence-corrected chi connectivity index (χ3v) is 24.7. The van der Waals surface area contributed by atoms with E-state index in [0.717, 1.165) is 55.2 Å². The van der Waals surface area contributed by atoms with Crippen LogP contribution < -0.4 is 0 Å². The monoisotopic (exact) mass is 1860 g/mol. The van der Waals surface area contributed by atoms with Crippen molar-refractivity contribution in [2.75, 3.05) is 0 Å². The van der Waals surface area contributed by atoms with Crippen molar-refractivity contribution in [3.8, 4) is 0 Å². The summed E-state index contributed by atoms with van der Waals surface area (Å²) in [6, 6.07) is 0. The van der Waals surface area contributed by atoms with Crippen molar-refractivity contribution in [2.24, 2.45) is 53.3 Å². The minimum atomic E-state index is -1.46. The van der Waals surface area contributed by atoms with Crippen LogP contribution in [0.4, 0.5) is 0 Å². The van der Waals surface area contributed by atoms with E-state index in [1.165, 1.54) is 62.3 Å². The molecule has 0 aromatic heterocycles. The number of rotatable bonds is 33. The highest BCUT2D eigenvalue weighted by molar-refractivity contribution is 5.74. The van der Waals surface area contributed by atoms with Gasteiger partial charge in [0.15, 0.2) is 6.10 Å². The highest BCUT2D eigenvalue weighted by atomic mass is 16.6. The molecule has 0 spiro atoms. The Hall–Kier alpha value is -8.94. The third kappa shape index (κ3) is 41.5. The number of carbonyl (C=O) groups excluding carboxylic acids is 12. The molecule has 6 aliphatic rings. The van der Waals surface area contributed by atoms with E-state index in [2.05, 4.69) is 52.8 Å². The molecular weight excluding hydrogens is 1710 g/mol. The molecule has 30 atom stereocenters. The number of carbonyl (C=O) groups is 12. The Bertz CT molecular complexity index is 4080. The van der Waals surface area contributed by atoms with Gasteiger partial charge in [0, 0.05) is 97.8 Å². The van der Waals surface area contributed by atoms with Crippen LogP contribution in [-0.4, -0.2) is 214 Å². The zero-order chi connectivity index (χ0) is 99.6. The molecule has 744 valence electrons. The van der Waals surface area contributed by atoms with Gasteiger partial charge in [0.05, 0.1) is 62.0 Å². The predicted octanol–water partition coefficient (Wildman–Crippen LogP) is 15.5. The second-order valence-electron chi connectivity index (χ2n) is 37.7. The summed E-state index contributed by atoms with van der Waals surface area (Å²) < 4.78 is 84.6. The first kappa shape index (κ1) is 115. The number of hydrogen-bond acceptors (Lipinski definition) is 30. The number of epoxide rings is 3. The highest BCUT2D eigenvalue weighted by Gasteiger charge is 2.50. The smallest absolute Gasteiger partial charge is 0.310 e. The zero-order valence-corrected chi connectivity index (χ0v) is 83.2. The summed E-state index contributed by atoms with van der Waals surface area (Å²) in [6.07, 6.45) is 25.6. The maximum Gasteiger partial charge on any atom is 0.310 e. The molecule has 3 N–H and O–H groups in total. The van der Waals surface area contributed by atoms with Gasteiger partial charge in [0.1, 0.15) is 77.8 Å². The largest absolute Gasteiger partial charge is 0.462 e. The lowest BCUT2D eigenvalue weighted by atomic mass is 9.88. The molecule has 30 heteroatoms. The second kappa shape index (κ2) is 55.2. The molecular formula is C102H156O30. The van der Waals surface area contributed by atoms with Crippen LogP contribution >= 0.6 is 0 Å². The summed E-state index contributed by atoms with van der Waals surface area (Å²) >= 11 is 0. The van der Waals surface area contributed by atoms with E-state index in [-0.39, 0.29) is 184 Å². The number of hydrogen-bond donors (Lipinski definition) is 3. The fourth-order valence-electron chi connectivity index (χ4n) is 17.2. The van der Waals surface area contributed by atoms with Gasteiger partial charge in [-0.1, -0.05) is 156 Å². The molecule has 6 heterocycles. The van der Waals surface area contributed by atoms with Gasteiger partial charge in [0.25, 0.3) is 0 Å². The maximum absolute atomic E-state index is 13.1. The van der Waals surface area contributed by atoms with Gasteiger partial charge in [-0.15, -0.1) is 0 Å². The molecule has 30 unspecified atom stereocenters. The number of cyclic esters (lactones) is 3. The van der Waals surface area contributed by atoms with E-state index < -0.39 is 125 Å². The molecule has 0 amide bonds. The van der Waals surface area contributed by atoms with Crippen molar-refractivity contribution >= 4 is 71.6 Å². The Morgan fingerprint density at radius 2 is 0.674 bits per heavy atom. The number of aliphatic hydroxyl groups excluding tert-OH is 1. The molecule has 132 heavy (non-hydrogen) atoms. The summed E-state index contributed by atoms with van der Waals surface area (Å²) in [5.41, 5.74) is -1.78. The van der Waals surface area contributed by atoms with Crippen LogP contribution in [0.1, 0.15) is 283 Å². The van der Waals surface area contributed by atoms with Crippen LogP contribution in [-0.2, 0) is 129 Å². The number of allylic oxidation sites excluding steroid dienone is 9. The van der Waals surface area contributed by atoms with Crippen molar-refractivity contribution in [1.82, 2.24) is 0 Å². The van der Waals surface area contributed by atoms with Gasteiger partial charge in [0.2, 0.25) is 0 Å². The van der Waals surface area contributed by atoms with Crippen LogP contribution in [0.2, 0.25) is 0 Å². The molecule has 3 fully saturated rings. The van der Waals surface area contributed by atoms with Gasteiger partial charge in [-0.3, -0.25) is 57.5 Å². The zero-order valence-electron chi connectivity index (χ0n) is 83.2. The van der Waals surface area contributed by atoms with E-state index in [1.54, 1.807) is 57.2 Å². The molecule has 0 saturated carbocycles. The van der Waals surface area contributed by atoms with Crippen molar-refractivity contribution in [1.29, 1.82) is 0 Å². The SMILES string of the molecule is CCC(OC(C)=O)C(C)C1OC1CC(C)/C=C/C=C(\C)C1OC(=O)CC(O)CCC(C)(O)C(OC(C)=O)/C=C/C1C.CCC(OC(C)=O)C(C)C1OC1CC(C)/C=C/C=C(\C)C1OC(=O)CC(OC(C)=O)CCC(C)(O)C(OC(C)=O)/C=C/C1C.CCC(OC(C)=O)C(C)C1OC1CC(C)/C=C/C=C(\C)C1OC(=O)CC(OC(C)=O)CCC(C)(OC(C)=O)C(OC(C)=O)/C=C/C1C. The number of aliphatic hydroxyl groups is 3. The lowest BCUT2D eigenvalue weighted by Gasteiger charge is -2.36. The Balaban J connectivity index is 0.000000415. The van der Waals surface area contributed by atoms with E-state index >= 15 is 0 Å². The summed E-state index contributed by atoms with van der Waals surface area (Å²) in [5.74, 6) is -5.72. The Morgan fingerprint density at radius 3 is 0.962 bits per heavy atom. The van der Waals surface area contributed by atoms with Crippen LogP contribution in [0, 0.1) is 53.3 Å². The standard InChI is InChI=1S/C36H54O11.C34H52O10.C32H50O9/c1-11-30(43-26(7)38)24(5)35-31(45-35)19-21(2)13-12-14-22(3)34-23(4)15-16-32(44-27(8)39)36(10,47-28(9)40)18-17-29(42-25(6)37)20-33(41)46-34;1-10-28(41-25(7)36)23(5)33-29(43-33)18-20(2)12-11-13-21(3)32-22(4)14-15-30(42-26(8)37)34(9,39)17-16-27(40-24(6)35)19-31(38)44-32;1-9-26(38-23(6)33)22(5)31-27(40-31)17-19(2)11-10-12-20(3)30-21(4)13-14-28(39-24(7)34)32(8,37)16-15-25(35)18-29(36)41-30/h12-16,21,23-24,29-32,34-35H,11,17-20H2,1-10H3;11-15,20,22-23,27-30,32-33,39H,10,16-19H2,1-9H3;10-14,19,21-22,25-28,30-31,35,37H,9,15-18H2,1-8H3/b13-12+,16-15+,22-14+;12-11+,15-14+,21-13+;11-10+,14-13+,20-12+. The van der Waals surface area contributed by atoms with Crippen LogP contribution in [0.25, 0.3) is 0 Å². The summed E-state index contributed by atoms with van der Waals surface area (Å²) in [5, 5.41) is 32.5. The topological polar surface area (TPSA) is 414 Å². The van der Waals surface area contributed by atoms with Crippen molar-refractivity contribution in [3.05, 3.63) is 108 Å². The van der Waals surface area contributed by atoms with Crippen molar-refractivity contribution < 1.29 is 144 Å². The van der Waals surface area contributed by atoms with Gasteiger partial charge >= 0.3 is 71.6 Å². The Kier molecular flexibility index (Phi) is 48.2. The number of esters is 12. The average molecular weight is 1860 g/mol. The Labute approximate surface area is 782 Å². The first-order chi connectivity index (χ1) is 61.6. The summed E-state index contributed by atoms with van der Waals surface area (Å²) in [4.78, 5) is 144. The van der Waals surface area contributed by atoms with E-state index in [0.29, 0.717) is 0 Å². The summed E-state index contributed by atoms with van der Waals surface area (Å²) in [6.45, 7) is 46.3. The molecule has 0 radical (unpaired) electrons. The molecule has 6 aliphatic heterocycles. The van der Waals surface area contributed by atoms with Gasteiger partial charge in [-0.2, -0.15) is 0 Å². The lowest BCUT2D eigenvalue weighted by Crippen LogP contribution is -2.46. The quantitative estimate of drug-likeness (QED) is 0.0181. The van der Waals surface area contributed by atoms with Crippen molar-refractivity contribution in [3.63, 3.8) is 0 Å². The molecule has 0 aromatic carbocycles. The first-order valence-electron chi connectivity index (χ1n) is 47.0. The molecule has 0 bridgehead atoms. The van der Waals surface area contributed by atoms with E-state index in [1.807, 2.05) is 106 Å². The lowest BCUT2D eigenvalue weighted by molar-refractivity contribution is -0.179. The molecule has 6 rings (SSSR count). The van der Waals surface area contributed by atoms with Crippen LogP contribution in [0.3, 0.4) is 0 Å². The summed E-state index contributed by atoms with van der Waals surface area (Å²) in [7, 11) is 0. The van der Waals surface area contributed by atoms with E-state index in [9.17, 15) is 72.9 Å². The highest BCUT2D eigenvalue weighted by Crippen LogP contribution is 2.42. The minimum absolute atomic E-state index is 0.0463. The maximum atomic E-state index is 13.1. The molecule has 3 saturated heterocycles. The number of ether oxygens (including phenoxy) is 15. The van der Waals surface area contributed by atoms with Crippen LogP contribution in [0.15, 0.2) is 108 Å². The molecule has 0 aromatic rings. The van der Waals surface area contributed by atoms with Crippen LogP contribution in [0.5, 0.6) is 0 Å². The average Bonchev–Trinajstić information content (AvgIpc) is 1.65. The van der Waals surface area contributed by atoms with Gasteiger partial charge < -0.3 is 86.4 Å². The predicted molar refractivity (Wildman–Crippen MR) is 492 cm³/mol. The Morgan fingerprint density at radius 1 is 0.394 bits per heavy atom. The molecule has 30 nitrogen and oxygen atoms in total. The first-order valence-corrected chi connectivity index (χ1v) is 47.0. The fourth-order valence-corrected chi connectivity index (χ4v) is 17.2. The fraction of sp³-hybridized carbons (Fsp3) is 0.706.